The van der Waals surface area contributed by atoms with Crippen molar-refractivity contribution >= 4 is 0 Å². The van der Waals surface area contributed by atoms with Gasteiger partial charge in [-0.2, -0.15) is 0 Å². The Morgan fingerprint density at radius 2 is 2.40 bits per heavy atom. The van der Waals surface area contributed by atoms with E-state index < -0.39 is 0 Å². The van der Waals surface area contributed by atoms with Crippen molar-refractivity contribution in [3.63, 3.8) is 0 Å². The summed E-state index contributed by atoms with van der Waals surface area (Å²) in [6.07, 6.45) is 10.9. The molecule has 54 valence electrons. The van der Waals surface area contributed by atoms with Gasteiger partial charge in [-0.05, 0) is 0 Å². The molecule has 0 N–H and O–H groups in total. The van der Waals surface area contributed by atoms with Crippen molar-refractivity contribution in [2.45, 2.75) is 6.54 Å². The van der Waals surface area contributed by atoms with Crippen molar-refractivity contribution in [2.24, 2.45) is 7.05 Å². The Hall–Kier alpha value is -0.750. The highest BCUT2D eigenvalue weighted by Crippen LogP contribution is 1.79. The van der Waals surface area contributed by atoms with Gasteiger partial charge in [0.25, 0.3) is 0 Å². The number of aryl methyl sites for hydroxylation is 1. The number of aromatic nitrogens is 2. The minimum Gasteiger partial charge on any atom is -1.00 e. The quantitative estimate of drug-likeness (QED) is 0.337. The van der Waals surface area contributed by atoms with E-state index in [1.54, 1.807) is 0 Å². The van der Waals surface area contributed by atoms with Crippen LogP contribution in [0.5, 0.6) is 0 Å². The number of nitrogens with zero attached hydrogens (tertiary/aromatic N) is 2. The summed E-state index contributed by atoms with van der Waals surface area (Å²) in [5.74, 6) is 2.55. The first kappa shape index (κ1) is 9.25. The molecule has 2 nitrogen and oxygen atoms in total. The highest BCUT2D eigenvalue weighted by atomic mass is 79.9. The summed E-state index contributed by atoms with van der Waals surface area (Å²) in [6.45, 7) is 0.654. The van der Waals surface area contributed by atoms with Gasteiger partial charge >= 0.3 is 0 Å². The molecule has 0 aliphatic heterocycles. The van der Waals surface area contributed by atoms with Crippen LogP contribution in [-0.4, -0.2) is 4.57 Å². The van der Waals surface area contributed by atoms with Crippen molar-refractivity contribution < 1.29 is 21.5 Å². The molecule has 1 heterocycles. The molecule has 0 bridgehead atoms. The summed E-state index contributed by atoms with van der Waals surface area (Å²) in [5.41, 5.74) is 0. The van der Waals surface area contributed by atoms with Gasteiger partial charge in [0.1, 0.15) is 12.4 Å². The predicted molar refractivity (Wildman–Crippen MR) is 34.4 cm³/mol. The van der Waals surface area contributed by atoms with E-state index in [0.717, 1.165) is 0 Å². The fourth-order valence-electron chi connectivity index (χ4n) is 0.701. The zero-order chi connectivity index (χ0) is 6.69. The summed E-state index contributed by atoms with van der Waals surface area (Å²) < 4.78 is 3.90. The van der Waals surface area contributed by atoms with E-state index in [1.165, 1.54) is 0 Å². The summed E-state index contributed by atoms with van der Waals surface area (Å²) in [5, 5.41) is 0. The lowest BCUT2D eigenvalue weighted by Crippen LogP contribution is -3.00. The van der Waals surface area contributed by atoms with Crippen LogP contribution in [0, 0.1) is 12.3 Å². The topological polar surface area (TPSA) is 8.81 Å². The summed E-state index contributed by atoms with van der Waals surface area (Å²) in [6, 6.07) is 0. The number of rotatable bonds is 1. The monoisotopic (exact) mass is 200 g/mol. The van der Waals surface area contributed by atoms with Gasteiger partial charge in [-0.15, -0.1) is 6.42 Å². The Labute approximate surface area is 71.3 Å². The van der Waals surface area contributed by atoms with Crippen molar-refractivity contribution in [1.82, 2.24) is 4.57 Å². The Morgan fingerprint density at radius 3 is 2.80 bits per heavy atom. The number of terminal acetylenes is 1. The zero-order valence-electron chi connectivity index (χ0n) is 5.79. The van der Waals surface area contributed by atoms with Crippen LogP contribution in [0.25, 0.3) is 0 Å². The Morgan fingerprint density at radius 1 is 1.70 bits per heavy atom. The second kappa shape index (κ2) is 4.13. The molecule has 0 atom stereocenters. The molecule has 3 heteroatoms. The SMILES string of the molecule is C#CCn1cc[n+](C)c1.[Br-]. The van der Waals surface area contributed by atoms with Crippen LogP contribution < -0.4 is 21.5 Å². The van der Waals surface area contributed by atoms with E-state index in [-0.39, 0.29) is 17.0 Å². The third-order valence-corrected chi connectivity index (χ3v) is 1.10. The second-order valence-electron chi connectivity index (χ2n) is 1.96. The van der Waals surface area contributed by atoms with E-state index in [0.29, 0.717) is 6.54 Å². The maximum atomic E-state index is 5.09. The molecule has 0 saturated heterocycles. The molecule has 0 aliphatic rings. The van der Waals surface area contributed by atoms with Gasteiger partial charge in [-0.25, -0.2) is 9.13 Å². The first-order valence-electron chi connectivity index (χ1n) is 2.77. The molecule has 1 rings (SSSR count). The molecule has 0 spiro atoms. The van der Waals surface area contributed by atoms with Crippen LogP contribution in [0.3, 0.4) is 0 Å². The Kier molecular flexibility index (Phi) is 3.82. The molecule has 0 aromatic carbocycles. The summed E-state index contributed by atoms with van der Waals surface area (Å²) >= 11 is 0. The predicted octanol–water partition coefficient (Wildman–Crippen LogP) is -3.05. The highest BCUT2D eigenvalue weighted by molar-refractivity contribution is 4.85. The number of imidazole rings is 1. The molecule has 0 aliphatic carbocycles. The Bertz CT molecular complexity index is 234. The Balaban J connectivity index is 0.000000810. The first-order valence-corrected chi connectivity index (χ1v) is 2.77. The van der Waals surface area contributed by atoms with Gasteiger partial charge in [-0.3, -0.25) is 0 Å². The fraction of sp³-hybridized carbons (Fsp3) is 0.286. The molecule has 1 aromatic rings. The number of hydrogen-bond donors (Lipinski definition) is 0. The molecular weight excluding hydrogens is 192 g/mol. The minimum absolute atomic E-state index is 0. The highest BCUT2D eigenvalue weighted by Gasteiger charge is 1.93. The van der Waals surface area contributed by atoms with Gasteiger partial charge < -0.3 is 17.0 Å². The first-order chi connectivity index (χ1) is 4.33. The average Bonchev–Trinajstić information content (AvgIpc) is 2.17. The van der Waals surface area contributed by atoms with Gasteiger partial charge in [0.2, 0.25) is 6.33 Å². The van der Waals surface area contributed by atoms with Crippen LogP contribution in [0.4, 0.5) is 0 Å². The normalized spacial score (nSPS) is 8.00. The molecular formula is C7H9BrN2. The van der Waals surface area contributed by atoms with Crippen molar-refractivity contribution in [3.05, 3.63) is 18.7 Å². The van der Waals surface area contributed by atoms with Gasteiger partial charge in [0.05, 0.1) is 7.05 Å². The minimum atomic E-state index is 0. The molecule has 10 heavy (non-hydrogen) atoms. The van der Waals surface area contributed by atoms with Crippen LogP contribution in [-0.2, 0) is 13.6 Å². The maximum absolute atomic E-state index is 5.09. The third-order valence-electron chi connectivity index (χ3n) is 1.10. The molecule has 0 radical (unpaired) electrons. The third kappa shape index (κ3) is 2.24. The zero-order valence-corrected chi connectivity index (χ0v) is 7.37. The van der Waals surface area contributed by atoms with Crippen LogP contribution in [0.2, 0.25) is 0 Å². The van der Waals surface area contributed by atoms with Crippen LogP contribution in [0.15, 0.2) is 18.7 Å². The number of halogens is 1. The van der Waals surface area contributed by atoms with Gasteiger partial charge in [0, 0.05) is 0 Å². The smallest absolute Gasteiger partial charge is 0.244 e. The van der Waals surface area contributed by atoms with Crippen molar-refractivity contribution in [1.29, 1.82) is 0 Å². The van der Waals surface area contributed by atoms with E-state index in [9.17, 15) is 0 Å². The second-order valence-corrected chi connectivity index (χ2v) is 1.96. The fourth-order valence-corrected chi connectivity index (χ4v) is 0.701. The van der Waals surface area contributed by atoms with Crippen LogP contribution in [0.1, 0.15) is 0 Å². The molecule has 0 unspecified atom stereocenters. The van der Waals surface area contributed by atoms with Gasteiger partial charge in [0.15, 0.2) is 6.54 Å². The van der Waals surface area contributed by atoms with Gasteiger partial charge in [-0.1, -0.05) is 5.92 Å². The summed E-state index contributed by atoms with van der Waals surface area (Å²) in [7, 11) is 1.97. The van der Waals surface area contributed by atoms with Crippen LogP contribution >= 0.6 is 0 Å². The lowest BCUT2D eigenvalue weighted by atomic mass is 10.6. The average molecular weight is 201 g/mol. The van der Waals surface area contributed by atoms with E-state index >= 15 is 0 Å². The lowest BCUT2D eigenvalue weighted by molar-refractivity contribution is -0.671. The molecule has 0 saturated carbocycles. The molecule has 1 aromatic heterocycles. The standard InChI is InChI=1S/C7H9N2.BrH/c1-3-4-9-6-5-8(2)7-9;/h1,5-7H,4H2,2H3;1H/q+1;/p-1. The largest absolute Gasteiger partial charge is 1.00 e. The molecule has 0 fully saturated rings. The van der Waals surface area contributed by atoms with Crippen molar-refractivity contribution in [2.75, 3.05) is 0 Å². The maximum Gasteiger partial charge on any atom is 0.244 e. The lowest BCUT2D eigenvalue weighted by Gasteiger charge is -1.81. The summed E-state index contributed by atoms with van der Waals surface area (Å²) in [4.78, 5) is 0. The van der Waals surface area contributed by atoms with E-state index in [2.05, 4.69) is 5.92 Å². The molecule has 0 amide bonds. The van der Waals surface area contributed by atoms with E-state index in [4.69, 9.17) is 6.42 Å². The van der Waals surface area contributed by atoms with Crippen molar-refractivity contribution in [3.8, 4) is 12.3 Å². The number of hydrogen-bond acceptors (Lipinski definition) is 0. The van der Waals surface area contributed by atoms with E-state index in [1.807, 2.05) is 34.9 Å².